The molecule has 8 heteroatoms. The number of benzene rings is 1. The van der Waals surface area contributed by atoms with Crippen molar-refractivity contribution in [3.8, 4) is 5.75 Å². The lowest BCUT2D eigenvalue weighted by Crippen LogP contribution is -2.30. The summed E-state index contributed by atoms with van der Waals surface area (Å²) >= 11 is 0. The first-order valence-corrected chi connectivity index (χ1v) is 9.94. The van der Waals surface area contributed by atoms with Crippen LogP contribution >= 0.6 is 0 Å². The zero-order valence-electron chi connectivity index (χ0n) is 16.2. The van der Waals surface area contributed by atoms with Gasteiger partial charge in [-0.3, -0.25) is 13.9 Å². The van der Waals surface area contributed by atoms with E-state index in [4.69, 9.17) is 0 Å². The smallest absolute Gasteiger partial charge is 0.329 e. The molecule has 8 nitrogen and oxygen atoms in total. The fourth-order valence-electron chi connectivity index (χ4n) is 4.95. The van der Waals surface area contributed by atoms with Crippen LogP contribution in [0.25, 0.3) is 11.0 Å². The molecule has 1 amide bonds. The van der Waals surface area contributed by atoms with Crippen LogP contribution in [-0.2, 0) is 11.8 Å². The number of anilines is 1. The zero-order valence-corrected chi connectivity index (χ0v) is 16.2. The molecule has 2 saturated carbocycles. The minimum atomic E-state index is -0.0450. The van der Waals surface area contributed by atoms with Gasteiger partial charge in [-0.1, -0.05) is 0 Å². The van der Waals surface area contributed by atoms with Gasteiger partial charge in [-0.05, 0) is 49.7 Å². The van der Waals surface area contributed by atoms with Gasteiger partial charge in [0.1, 0.15) is 12.1 Å². The van der Waals surface area contributed by atoms with Crippen LogP contribution in [0, 0.1) is 11.3 Å². The highest BCUT2D eigenvalue weighted by Crippen LogP contribution is 2.65. The van der Waals surface area contributed by atoms with Gasteiger partial charge in [-0.2, -0.15) is 0 Å². The lowest BCUT2D eigenvalue weighted by Gasteiger charge is -2.28. The molecule has 150 valence electrons. The van der Waals surface area contributed by atoms with Crippen molar-refractivity contribution in [1.29, 1.82) is 0 Å². The molecule has 0 bridgehead atoms. The molecule has 1 spiro atoms. The van der Waals surface area contributed by atoms with Crippen molar-refractivity contribution < 1.29 is 9.90 Å². The van der Waals surface area contributed by atoms with Crippen molar-refractivity contribution in [1.82, 2.24) is 19.1 Å². The number of aryl methyl sites for hydroxylation is 1. The number of carbonyl (C=O) groups excluding carboxylic acids is 1. The highest BCUT2D eigenvalue weighted by molar-refractivity contribution is 5.92. The van der Waals surface area contributed by atoms with Crippen molar-refractivity contribution in [3.05, 3.63) is 47.4 Å². The van der Waals surface area contributed by atoms with Crippen LogP contribution in [0.2, 0.25) is 0 Å². The number of carbonyl (C=O) groups is 1. The van der Waals surface area contributed by atoms with Gasteiger partial charge in [0.25, 0.3) is 0 Å². The van der Waals surface area contributed by atoms with Crippen molar-refractivity contribution >= 4 is 22.6 Å². The van der Waals surface area contributed by atoms with Crippen LogP contribution in [-0.4, -0.2) is 30.1 Å². The lowest BCUT2D eigenvalue weighted by molar-refractivity contribution is -0.121. The van der Waals surface area contributed by atoms with E-state index in [0.29, 0.717) is 5.69 Å². The molecule has 3 aromatic rings. The quantitative estimate of drug-likeness (QED) is 0.712. The minimum Gasteiger partial charge on any atom is -0.508 e. The molecule has 2 aliphatic carbocycles. The Balaban J connectivity index is 1.32. The Morgan fingerprint density at radius 3 is 2.66 bits per heavy atom. The summed E-state index contributed by atoms with van der Waals surface area (Å²) in [5.41, 5.74) is 2.26. The van der Waals surface area contributed by atoms with E-state index in [1.54, 1.807) is 42.2 Å². The van der Waals surface area contributed by atoms with E-state index >= 15 is 0 Å². The van der Waals surface area contributed by atoms with E-state index in [2.05, 4.69) is 15.3 Å². The maximum Gasteiger partial charge on any atom is 0.329 e. The fraction of sp³-hybridized carbons (Fsp3) is 0.429. The Morgan fingerprint density at radius 1 is 1.21 bits per heavy atom. The zero-order chi connectivity index (χ0) is 20.2. The van der Waals surface area contributed by atoms with Crippen LogP contribution in [0.4, 0.5) is 5.69 Å². The summed E-state index contributed by atoms with van der Waals surface area (Å²) in [6.45, 7) is 0. The van der Waals surface area contributed by atoms with Crippen molar-refractivity contribution in [2.24, 2.45) is 18.4 Å². The molecule has 1 unspecified atom stereocenters. The molecule has 29 heavy (non-hydrogen) atoms. The van der Waals surface area contributed by atoms with Gasteiger partial charge in [0.05, 0.1) is 29.1 Å². The molecule has 1 aromatic carbocycles. The Kier molecular flexibility index (Phi) is 3.97. The average molecular weight is 393 g/mol. The number of nitrogens with zero attached hydrogens (tertiary/aromatic N) is 4. The number of nitrogens with one attached hydrogen (secondary N) is 1. The molecule has 2 aromatic heterocycles. The lowest BCUT2D eigenvalue weighted by atomic mass is 9.79. The molecule has 5 rings (SSSR count). The predicted octanol–water partition coefficient (Wildman–Crippen LogP) is 2.60. The Morgan fingerprint density at radius 2 is 1.93 bits per heavy atom. The largest absolute Gasteiger partial charge is 0.508 e. The molecule has 1 atom stereocenters. The molecule has 0 saturated heterocycles. The first-order chi connectivity index (χ1) is 14.0. The number of aromatic nitrogens is 4. The van der Waals surface area contributed by atoms with Gasteiger partial charge >= 0.3 is 5.69 Å². The summed E-state index contributed by atoms with van der Waals surface area (Å²) in [6.07, 6.45) is 9.01. The summed E-state index contributed by atoms with van der Waals surface area (Å²) in [6, 6.07) is 5.19. The van der Waals surface area contributed by atoms with Crippen LogP contribution in [0.1, 0.15) is 38.1 Å². The van der Waals surface area contributed by atoms with Crippen LogP contribution in [0.3, 0.4) is 0 Å². The van der Waals surface area contributed by atoms with Gasteiger partial charge in [0.2, 0.25) is 5.91 Å². The Labute approximate surface area is 167 Å². The number of rotatable bonds is 3. The van der Waals surface area contributed by atoms with Gasteiger partial charge in [0.15, 0.2) is 0 Å². The summed E-state index contributed by atoms with van der Waals surface area (Å²) in [5.74, 6) is 0.145. The number of aromatic hydroxyl groups is 1. The SMILES string of the molecule is Cn1c(=O)n(C2CC23CCC(C(=O)Nc2cncnc2)CC3)c2cc(O)ccc21. The van der Waals surface area contributed by atoms with E-state index in [-0.39, 0.29) is 34.7 Å². The van der Waals surface area contributed by atoms with E-state index in [1.165, 1.54) is 6.33 Å². The molecule has 2 aliphatic rings. The highest BCUT2D eigenvalue weighted by Gasteiger charge is 2.57. The van der Waals surface area contributed by atoms with E-state index < -0.39 is 0 Å². The van der Waals surface area contributed by atoms with Gasteiger partial charge in [-0.15, -0.1) is 0 Å². The predicted molar refractivity (Wildman–Crippen MR) is 108 cm³/mol. The maximum absolute atomic E-state index is 12.9. The number of phenols is 1. The topological polar surface area (TPSA) is 102 Å². The summed E-state index contributed by atoms with van der Waals surface area (Å²) in [5, 5.41) is 12.8. The Hall–Kier alpha value is -3.16. The molecule has 2 N–H and O–H groups in total. The number of imidazole rings is 1. The monoisotopic (exact) mass is 393 g/mol. The third-order valence-electron chi connectivity index (χ3n) is 6.71. The second-order valence-electron chi connectivity index (χ2n) is 8.36. The fourth-order valence-corrected chi connectivity index (χ4v) is 4.95. The molecular weight excluding hydrogens is 370 g/mol. The molecule has 0 aliphatic heterocycles. The Bertz CT molecular complexity index is 1140. The number of phenolic OH excluding ortho intramolecular Hbond substituents is 1. The third-order valence-corrected chi connectivity index (χ3v) is 6.71. The van der Waals surface area contributed by atoms with E-state index in [0.717, 1.165) is 43.1 Å². The first-order valence-electron chi connectivity index (χ1n) is 9.94. The molecule has 2 heterocycles. The average Bonchev–Trinajstić information content (AvgIpc) is 3.34. The second-order valence-corrected chi connectivity index (χ2v) is 8.36. The van der Waals surface area contributed by atoms with E-state index in [1.807, 2.05) is 4.57 Å². The normalized spacial score (nSPS) is 26.0. The van der Waals surface area contributed by atoms with Crippen molar-refractivity contribution in [2.75, 3.05) is 5.32 Å². The van der Waals surface area contributed by atoms with Crippen LogP contribution in [0.15, 0.2) is 41.7 Å². The van der Waals surface area contributed by atoms with Gasteiger partial charge < -0.3 is 10.4 Å². The van der Waals surface area contributed by atoms with Crippen LogP contribution < -0.4 is 11.0 Å². The third kappa shape index (κ3) is 2.90. The number of hydrogen-bond donors (Lipinski definition) is 2. The molecule has 2 fully saturated rings. The number of fused-ring (bicyclic) bond motifs is 1. The summed E-state index contributed by atoms with van der Waals surface area (Å²) in [7, 11) is 1.77. The molecule has 0 radical (unpaired) electrons. The summed E-state index contributed by atoms with van der Waals surface area (Å²) < 4.78 is 3.48. The maximum atomic E-state index is 12.9. The number of amides is 1. The second kappa shape index (κ2) is 6.43. The highest BCUT2D eigenvalue weighted by atomic mass is 16.3. The van der Waals surface area contributed by atoms with Gasteiger partial charge in [0, 0.05) is 25.1 Å². The minimum absolute atomic E-state index is 0.0131. The first kappa shape index (κ1) is 17.9. The standard InChI is InChI=1S/C21H23N5O3/c1-25-16-3-2-15(27)8-17(16)26(20(25)29)18-9-21(18)6-4-13(5-7-21)19(28)24-14-10-22-12-23-11-14/h2-3,8,10-13,18,27H,4-7,9H2,1H3,(H,24,28). The van der Waals surface area contributed by atoms with Gasteiger partial charge in [-0.25, -0.2) is 14.8 Å². The summed E-state index contributed by atoms with van der Waals surface area (Å²) in [4.78, 5) is 33.3. The van der Waals surface area contributed by atoms with Crippen molar-refractivity contribution in [3.63, 3.8) is 0 Å². The van der Waals surface area contributed by atoms with Crippen molar-refractivity contribution in [2.45, 2.75) is 38.1 Å². The molecular formula is C21H23N5O3. The van der Waals surface area contributed by atoms with Crippen LogP contribution in [0.5, 0.6) is 5.75 Å². The number of hydrogen-bond acceptors (Lipinski definition) is 5. The van der Waals surface area contributed by atoms with E-state index in [9.17, 15) is 14.7 Å².